The summed E-state index contributed by atoms with van der Waals surface area (Å²) in [5.74, 6) is -0.839. The Bertz CT molecular complexity index is 506. The van der Waals surface area contributed by atoms with Gasteiger partial charge in [-0.1, -0.05) is 17.3 Å². The number of esters is 1. The van der Waals surface area contributed by atoms with Crippen molar-refractivity contribution in [2.75, 3.05) is 11.9 Å². The van der Waals surface area contributed by atoms with Crippen molar-refractivity contribution in [2.45, 2.75) is 26.2 Å². The number of rotatable bonds is 5. The van der Waals surface area contributed by atoms with E-state index < -0.39 is 11.3 Å². The molecule has 0 saturated carbocycles. The fourth-order valence-corrected chi connectivity index (χ4v) is 1.63. The average molecular weight is 278 g/mol. The molecule has 2 N–H and O–H groups in total. The number of hydrogen-bond donors (Lipinski definition) is 2. The molecule has 0 aliphatic heterocycles. The zero-order chi connectivity index (χ0) is 15.2. The van der Waals surface area contributed by atoms with Crippen LogP contribution in [0.4, 0.5) is 5.69 Å². The van der Waals surface area contributed by atoms with Crippen LogP contribution in [-0.2, 0) is 19.7 Å². The van der Waals surface area contributed by atoms with Gasteiger partial charge in [-0.05, 0) is 38.5 Å². The van der Waals surface area contributed by atoms with E-state index in [1.165, 1.54) is 0 Å². The van der Waals surface area contributed by atoms with Crippen molar-refractivity contribution in [2.24, 2.45) is 5.16 Å². The number of anilines is 1. The molecular formula is C14H18N2O4. The zero-order valence-corrected chi connectivity index (χ0v) is 11.7. The Labute approximate surface area is 117 Å². The lowest BCUT2D eigenvalue weighted by Crippen LogP contribution is -2.31. The quantitative estimate of drug-likeness (QED) is 0.373. The maximum absolute atomic E-state index is 11.9. The molecule has 0 aliphatic carbocycles. The molecule has 1 amide bonds. The standard InChI is InChI=1S/C14H18N2O4/c1-4-20-13(18)14(2,3)10-5-7-11(8-6-10)16-12(17)9-15-19/h5-9,19H,4H2,1-3H3,(H,16,17)/b15-9+. The van der Waals surface area contributed by atoms with Crippen LogP contribution in [0.2, 0.25) is 0 Å². The first-order chi connectivity index (χ1) is 9.41. The molecule has 0 radical (unpaired) electrons. The number of nitrogens with one attached hydrogen (secondary N) is 1. The van der Waals surface area contributed by atoms with E-state index in [0.717, 1.165) is 11.8 Å². The van der Waals surface area contributed by atoms with Crippen LogP contribution in [0.25, 0.3) is 0 Å². The van der Waals surface area contributed by atoms with Crippen LogP contribution in [0.1, 0.15) is 26.3 Å². The van der Waals surface area contributed by atoms with E-state index in [4.69, 9.17) is 9.94 Å². The molecule has 108 valence electrons. The monoisotopic (exact) mass is 278 g/mol. The second kappa shape index (κ2) is 6.70. The lowest BCUT2D eigenvalue weighted by molar-refractivity contribution is -0.148. The van der Waals surface area contributed by atoms with E-state index in [2.05, 4.69) is 10.5 Å². The van der Waals surface area contributed by atoms with Crippen molar-refractivity contribution < 1.29 is 19.5 Å². The zero-order valence-electron chi connectivity index (χ0n) is 11.7. The highest BCUT2D eigenvalue weighted by Crippen LogP contribution is 2.26. The van der Waals surface area contributed by atoms with Gasteiger partial charge in [-0.3, -0.25) is 9.59 Å². The van der Waals surface area contributed by atoms with Gasteiger partial charge < -0.3 is 15.3 Å². The molecule has 6 heteroatoms. The third kappa shape index (κ3) is 3.81. The highest BCUT2D eigenvalue weighted by Gasteiger charge is 2.31. The summed E-state index contributed by atoms with van der Waals surface area (Å²) in [5.41, 5.74) is 0.563. The molecule has 0 aliphatic rings. The Balaban J connectivity index is 2.85. The van der Waals surface area contributed by atoms with Gasteiger partial charge in [0, 0.05) is 5.69 Å². The Hall–Kier alpha value is -2.37. The summed E-state index contributed by atoms with van der Waals surface area (Å²) in [6.45, 7) is 5.64. The number of amides is 1. The Morgan fingerprint density at radius 2 is 1.95 bits per heavy atom. The van der Waals surface area contributed by atoms with E-state index in [1.807, 2.05) is 0 Å². The highest BCUT2D eigenvalue weighted by atomic mass is 16.5. The molecule has 1 rings (SSSR count). The summed E-state index contributed by atoms with van der Waals surface area (Å²) < 4.78 is 5.03. The first-order valence-electron chi connectivity index (χ1n) is 6.18. The summed E-state index contributed by atoms with van der Waals surface area (Å²) in [6, 6.07) is 6.81. The number of hydrogen-bond acceptors (Lipinski definition) is 5. The van der Waals surface area contributed by atoms with Crippen LogP contribution in [0.15, 0.2) is 29.4 Å². The van der Waals surface area contributed by atoms with E-state index in [9.17, 15) is 9.59 Å². The van der Waals surface area contributed by atoms with Gasteiger partial charge in [-0.2, -0.15) is 0 Å². The maximum Gasteiger partial charge on any atom is 0.315 e. The van der Waals surface area contributed by atoms with Crippen molar-refractivity contribution in [3.63, 3.8) is 0 Å². The largest absolute Gasteiger partial charge is 0.465 e. The molecule has 0 atom stereocenters. The van der Waals surface area contributed by atoms with Crippen molar-refractivity contribution in [1.82, 2.24) is 0 Å². The average Bonchev–Trinajstić information content (AvgIpc) is 2.39. The molecule has 0 aromatic heterocycles. The molecule has 20 heavy (non-hydrogen) atoms. The summed E-state index contributed by atoms with van der Waals surface area (Å²) in [5, 5.41) is 13.4. The van der Waals surface area contributed by atoms with E-state index in [0.29, 0.717) is 12.3 Å². The molecule has 0 spiro atoms. The fourth-order valence-electron chi connectivity index (χ4n) is 1.63. The molecule has 0 heterocycles. The predicted molar refractivity (Wildman–Crippen MR) is 75.0 cm³/mol. The van der Waals surface area contributed by atoms with Gasteiger partial charge in [0.25, 0.3) is 5.91 Å². The lowest BCUT2D eigenvalue weighted by atomic mass is 9.84. The van der Waals surface area contributed by atoms with Gasteiger partial charge in [0.15, 0.2) is 0 Å². The second-order valence-electron chi connectivity index (χ2n) is 4.66. The molecule has 0 unspecified atom stereocenters. The minimum atomic E-state index is -0.759. The normalized spacial score (nSPS) is 11.3. The third-order valence-corrected chi connectivity index (χ3v) is 2.83. The van der Waals surface area contributed by atoms with Crippen molar-refractivity contribution in [3.05, 3.63) is 29.8 Å². The van der Waals surface area contributed by atoms with E-state index in [-0.39, 0.29) is 5.97 Å². The molecule has 1 aromatic carbocycles. The van der Waals surface area contributed by atoms with Gasteiger partial charge in [0.2, 0.25) is 0 Å². The SMILES string of the molecule is CCOC(=O)C(C)(C)c1ccc(NC(=O)/C=N/O)cc1. The van der Waals surface area contributed by atoms with Gasteiger partial charge in [-0.25, -0.2) is 0 Å². The van der Waals surface area contributed by atoms with E-state index in [1.54, 1.807) is 45.0 Å². The van der Waals surface area contributed by atoms with Crippen LogP contribution >= 0.6 is 0 Å². The number of carbonyl (C=O) groups excluding carboxylic acids is 2. The number of nitrogens with zero attached hydrogens (tertiary/aromatic N) is 1. The summed E-state index contributed by atoms with van der Waals surface area (Å²) in [7, 11) is 0. The van der Waals surface area contributed by atoms with Crippen LogP contribution < -0.4 is 5.32 Å². The summed E-state index contributed by atoms with van der Waals surface area (Å²) in [4.78, 5) is 23.1. The first-order valence-corrected chi connectivity index (χ1v) is 6.18. The molecule has 0 saturated heterocycles. The number of oxime groups is 1. The second-order valence-corrected chi connectivity index (χ2v) is 4.66. The molecular weight excluding hydrogens is 260 g/mol. The van der Waals surface area contributed by atoms with Crippen LogP contribution in [0.3, 0.4) is 0 Å². The van der Waals surface area contributed by atoms with Gasteiger partial charge >= 0.3 is 5.97 Å². The predicted octanol–water partition coefficient (Wildman–Crippen LogP) is 1.93. The minimum absolute atomic E-state index is 0.302. The number of carbonyl (C=O) groups is 2. The molecule has 6 nitrogen and oxygen atoms in total. The Morgan fingerprint density at radius 1 is 1.35 bits per heavy atom. The minimum Gasteiger partial charge on any atom is -0.465 e. The number of ether oxygens (including phenoxy) is 1. The van der Waals surface area contributed by atoms with Crippen LogP contribution in [-0.4, -0.2) is 29.9 Å². The topological polar surface area (TPSA) is 88.0 Å². The Morgan fingerprint density at radius 3 is 2.45 bits per heavy atom. The van der Waals surface area contributed by atoms with Gasteiger partial charge in [0.1, 0.15) is 6.21 Å². The molecule has 1 aromatic rings. The highest BCUT2D eigenvalue weighted by molar-refractivity contribution is 6.31. The third-order valence-electron chi connectivity index (χ3n) is 2.83. The van der Waals surface area contributed by atoms with Crippen molar-refractivity contribution >= 4 is 23.8 Å². The van der Waals surface area contributed by atoms with Crippen molar-refractivity contribution in [3.8, 4) is 0 Å². The van der Waals surface area contributed by atoms with Crippen LogP contribution in [0.5, 0.6) is 0 Å². The summed E-state index contributed by atoms with van der Waals surface area (Å²) >= 11 is 0. The van der Waals surface area contributed by atoms with Crippen LogP contribution in [0, 0.1) is 0 Å². The lowest BCUT2D eigenvalue weighted by Gasteiger charge is -2.23. The number of benzene rings is 1. The summed E-state index contributed by atoms with van der Waals surface area (Å²) in [6.07, 6.45) is 0.760. The Kier molecular flexibility index (Phi) is 5.25. The molecule has 0 fully saturated rings. The smallest absolute Gasteiger partial charge is 0.315 e. The maximum atomic E-state index is 11.9. The van der Waals surface area contributed by atoms with Crippen molar-refractivity contribution in [1.29, 1.82) is 0 Å². The molecule has 0 bridgehead atoms. The van der Waals surface area contributed by atoms with E-state index >= 15 is 0 Å². The van der Waals surface area contributed by atoms with Gasteiger partial charge in [0.05, 0.1) is 12.0 Å². The fraction of sp³-hybridized carbons (Fsp3) is 0.357. The first kappa shape index (κ1) is 15.7. The van der Waals surface area contributed by atoms with Gasteiger partial charge in [-0.15, -0.1) is 0 Å².